The fourth-order valence-corrected chi connectivity index (χ4v) is 3.98. The number of methoxy groups -OCH3 is 1. The van der Waals surface area contributed by atoms with Crippen LogP contribution in [0.2, 0.25) is 0 Å². The van der Waals surface area contributed by atoms with Crippen molar-refractivity contribution in [2.75, 3.05) is 26.0 Å². The van der Waals surface area contributed by atoms with Gasteiger partial charge < -0.3 is 15.0 Å². The van der Waals surface area contributed by atoms with Gasteiger partial charge in [-0.05, 0) is 45.5 Å². The number of hydrogen-bond acceptors (Lipinski definition) is 6. The van der Waals surface area contributed by atoms with E-state index in [-0.39, 0.29) is 24.1 Å². The number of aromatic amines is 1. The van der Waals surface area contributed by atoms with Gasteiger partial charge in [0.25, 0.3) is 5.56 Å². The lowest BCUT2D eigenvalue weighted by atomic mass is 10.2. The van der Waals surface area contributed by atoms with E-state index in [2.05, 4.69) is 15.3 Å². The second-order valence-electron chi connectivity index (χ2n) is 6.79. The van der Waals surface area contributed by atoms with Gasteiger partial charge in [-0.15, -0.1) is 11.3 Å². The molecule has 0 unspecified atom stereocenters. The molecule has 1 atom stereocenters. The van der Waals surface area contributed by atoms with Crippen LogP contribution in [0.5, 0.6) is 5.75 Å². The van der Waals surface area contributed by atoms with Gasteiger partial charge in [-0.2, -0.15) is 0 Å². The number of hydrogen-bond donors (Lipinski definition) is 2. The monoisotopic (exact) mass is 400 g/mol. The van der Waals surface area contributed by atoms with E-state index in [9.17, 15) is 9.59 Å². The molecule has 2 aromatic heterocycles. The number of anilines is 1. The predicted molar refractivity (Wildman–Crippen MR) is 112 cm³/mol. The van der Waals surface area contributed by atoms with E-state index >= 15 is 0 Å². The van der Waals surface area contributed by atoms with Crippen molar-refractivity contribution in [2.45, 2.75) is 26.8 Å². The number of nitrogens with zero attached hydrogens (tertiary/aromatic N) is 2. The van der Waals surface area contributed by atoms with Gasteiger partial charge >= 0.3 is 0 Å². The lowest BCUT2D eigenvalue weighted by Gasteiger charge is -2.23. The lowest BCUT2D eigenvalue weighted by molar-refractivity contribution is -0.117. The third-order valence-electron chi connectivity index (χ3n) is 4.86. The Morgan fingerprint density at radius 3 is 2.86 bits per heavy atom. The number of thiophene rings is 1. The molecule has 1 aromatic carbocycles. The Balaban J connectivity index is 1.73. The number of fused-ring (bicyclic) bond motifs is 1. The van der Waals surface area contributed by atoms with Gasteiger partial charge in [-0.25, -0.2) is 4.98 Å². The summed E-state index contributed by atoms with van der Waals surface area (Å²) in [7, 11) is 3.41. The summed E-state index contributed by atoms with van der Waals surface area (Å²) in [4.78, 5) is 36.0. The van der Waals surface area contributed by atoms with Crippen LogP contribution >= 0.6 is 11.3 Å². The van der Waals surface area contributed by atoms with E-state index in [1.165, 1.54) is 11.3 Å². The maximum Gasteiger partial charge on any atom is 0.259 e. The van der Waals surface area contributed by atoms with Crippen molar-refractivity contribution in [3.05, 3.63) is 50.9 Å². The Bertz CT molecular complexity index is 1070. The average Bonchev–Trinajstić information content (AvgIpc) is 2.95. The van der Waals surface area contributed by atoms with Crippen LogP contribution in [0.25, 0.3) is 10.2 Å². The molecule has 0 aliphatic carbocycles. The maximum absolute atomic E-state index is 12.5. The number of ether oxygens (including phenoxy) is 1. The third kappa shape index (κ3) is 4.07. The Morgan fingerprint density at radius 1 is 1.39 bits per heavy atom. The highest BCUT2D eigenvalue weighted by Gasteiger charge is 2.20. The molecule has 0 saturated heterocycles. The minimum absolute atomic E-state index is 0.136. The smallest absolute Gasteiger partial charge is 0.259 e. The van der Waals surface area contributed by atoms with Gasteiger partial charge in [-0.1, -0.05) is 6.07 Å². The second-order valence-corrected chi connectivity index (χ2v) is 7.99. The molecule has 3 rings (SSSR count). The lowest BCUT2D eigenvalue weighted by Crippen LogP contribution is -2.33. The number of benzene rings is 1. The van der Waals surface area contributed by atoms with E-state index < -0.39 is 0 Å². The van der Waals surface area contributed by atoms with Gasteiger partial charge in [0.2, 0.25) is 5.91 Å². The van der Waals surface area contributed by atoms with Crippen molar-refractivity contribution in [2.24, 2.45) is 0 Å². The molecule has 0 aliphatic heterocycles. The SMILES string of the molecule is COc1cccc(NC(=O)CN(C)[C@H](C)c2nc3sc(C)c(C)c3c(=O)[nH]2)c1. The number of carbonyl (C=O) groups excluding carboxylic acids is 1. The van der Waals surface area contributed by atoms with Crippen LogP contribution < -0.4 is 15.6 Å². The summed E-state index contributed by atoms with van der Waals surface area (Å²) >= 11 is 1.51. The quantitative estimate of drug-likeness (QED) is 0.663. The minimum Gasteiger partial charge on any atom is -0.497 e. The summed E-state index contributed by atoms with van der Waals surface area (Å²) in [5.74, 6) is 1.07. The molecular weight excluding hydrogens is 376 g/mol. The van der Waals surface area contributed by atoms with Crippen LogP contribution in [0.15, 0.2) is 29.1 Å². The molecule has 2 heterocycles. The zero-order valence-corrected chi connectivity index (χ0v) is 17.4. The normalized spacial score (nSPS) is 12.4. The Hall–Kier alpha value is -2.71. The molecule has 1 amide bonds. The molecule has 0 saturated carbocycles. The molecule has 0 aliphatic rings. The van der Waals surface area contributed by atoms with Crippen molar-refractivity contribution in [3.8, 4) is 5.75 Å². The van der Waals surface area contributed by atoms with Crippen LogP contribution in [0.3, 0.4) is 0 Å². The first-order chi connectivity index (χ1) is 13.3. The largest absolute Gasteiger partial charge is 0.497 e. The number of rotatable bonds is 6. The van der Waals surface area contributed by atoms with Gasteiger partial charge in [0.05, 0.1) is 25.1 Å². The van der Waals surface area contributed by atoms with E-state index in [0.717, 1.165) is 15.3 Å². The fraction of sp³-hybridized carbons (Fsp3) is 0.350. The molecule has 2 N–H and O–H groups in total. The molecule has 3 aromatic rings. The summed E-state index contributed by atoms with van der Waals surface area (Å²) in [6.07, 6.45) is 0. The van der Waals surface area contributed by atoms with E-state index in [0.29, 0.717) is 22.6 Å². The molecule has 0 spiro atoms. The molecule has 148 valence electrons. The first-order valence-electron chi connectivity index (χ1n) is 8.94. The van der Waals surface area contributed by atoms with Crippen molar-refractivity contribution < 1.29 is 9.53 Å². The topological polar surface area (TPSA) is 87.3 Å². The summed E-state index contributed by atoms with van der Waals surface area (Å²) in [5, 5.41) is 3.50. The Labute approximate surface area is 167 Å². The molecule has 28 heavy (non-hydrogen) atoms. The number of H-pyrrole nitrogens is 1. The number of carbonyl (C=O) groups is 1. The van der Waals surface area contributed by atoms with Crippen LogP contribution in [-0.2, 0) is 4.79 Å². The molecule has 0 bridgehead atoms. The van der Waals surface area contributed by atoms with Gasteiger partial charge in [0.15, 0.2) is 0 Å². The highest BCUT2D eigenvalue weighted by molar-refractivity contribution is 7.18. The van der Waals surface area contributed by atoms with Gasteiger partial charge in [-0.3, -0.25) is 14.5 Å². The summed E-state index contributed by atoms with van der Waals surface area (Å²) in [6.45, 7) is 5.99. The standard InChI is InChI=1S/C20H24N4O3S/c1-11-13(3)28-20-17(11)19(26)22-18(23-20)12(2)24(4)10-16(25)21-14-7-6-8-15(9-14)27-5/h6-9,12H,10H2,1-5H3,(H,21,25)(H,22,23,26)/t12-/m1/s1. The van der Waals surface area contributed by atoms with Crippen molar-refractivity contribution in [1.29, 1.82) is 0 Å². The minimum atomic E-state index is -0.226. The number of nitrogens with one attached hydrogen (secondary N) is 2. The summed E-state index contributed by atoms with van der Waals surface area (Å²) < 4.78 is 5.17. The Morgan fingerprint density at radius 2 is 2.14 bits per heavy atom. The molecule has 8 heteroatoms. The molecular formula is C20H24N4O3S. The highest BCUT2D eigenvalue weighted by Crippen LogP contribution is 2.27. The maximum atomic E-state index is 12.5. The van der Waals surface area contributed by atoms with Gasteiger partial charge in [0, 0.05) is 16.6 Å². The molecule has 0 radical (unpaired) electrons. The zero-order valence-electron chi connectivity index (χ0n) is 16.6. The van der Waals surface area contributed by atoms with Crippen LogP contribution in [-0.4, -0.2) is 41.5 Å². The number of aromatic nitrogens is 2. The van der Waals surface area contributed by atoms with E-state index in [1.54, 1.807) is 19.2 Å². The Kier molecular flexibility index (Phi) is 5.81. The summed E-state index contributed by atoms with van der Waals surface area (Å²) in [5.41, 5.74) is 1.50. The second kappa shape index (κ2) is 8.12. The van der Waals surface area contributed by atoms with Crippen LogP contribution in [0, 0.1) is 13.8 Å². The fourth-order valence-electron chi connectivity index (χ4n) is 2.94. The predicted octanol–water partition coefficient (Wildman–Crippen LogP) is 3.24. The molecule has 0 fully saturated rings. The number of aryl methyl sites for hydroxylation is 2. The van der Waals surface area contributed by atoms with E-state index in [1.807, 2.05) is 44.9 Å². The van der Waals surface area contributed by atoms with Crippen LogP contribution in [0.4, 0.5) is 5.69 Å². The van der Waals surface area contributed by atoms with Crippen molar-refractivity contribution in [1.82, 2.24) is 14.9 Å². The number of amides is 1. The summed E-state index contributed by atoms with van der Waals surface area (Å²) in [6, 6.07) is 6.97. The zero-order chi connectivity index (χ0) is 20.4. The first kappa shape index (κ1) is 20.0. The third-order valence-corrected chi connectivity index (χ3v) is 5.96. The van der Waals surface area contributed by atoms with Crippen molar-refractivity contribution >= 4 is 33.1 Å². The average molecular weight is 401 g/mol. The molecule has 7 nitrogen and oxygen atoms in total. The van der Waals surface area contributed by atoms with Crippen molar-refractivity contribution in [3.63, 3.8) is 0 Å². The number of likely N-dealkylation sites (N-methyl/N-ethyl adjacent to an activating group) is 1. The highest BCUT2D eigenvalue weighted by atomic mass is 32.1. The van der Waals surface area contributed by atoms with E-state index in [4.69, 9.17) is 4.74 Å². The first-order valence-corrected chi connectivity index (χ1v) is 9.76. The van der Waals surface area contributed by atoms with Crippen LogP contribution in [0.1, 0.15) is 29.2 Å². The van der Waals surface area contributed by atoms with Gasteiger partial charge in [0.1, 0.15) is 16.4 Å².